The normalized spacial score (nSPS) is 11.9. The molecule has 0 aliphatic carbocycles. The quantitative estimate of drug-likeness (QED) is 0.667. The van der Waals surface area contributed by atoms with Crippen LogP contribution < -0.4 is 11.1 Å². The minimum Gasteiger partial charge on any atom is -0.481 e. The zero-order valence-corrected chi connectivity index (χ0v) is 12.0. The number of rotatable bonds is 7. The van der Waals surface area contributed by atoms with Crippen molar-refractivity contribution in [2.24, 2.45) is 5.92 Å². The molecule has 0 saturated heterocycles. The van der Waals surface area contributed by atoms with Crippen molar-refractivity contribution in [3.63, 3.8) is 0 Å². The molecule has 1 rings (SSSR count). The van der Waals surface area contributed by atoms with E-state index in [9.17, 15) is 9.59 Å². The number of nitrogen functional groups attached to an aromatic ring is 1. The Labute approximate surface area is 119 Å². The first kappa shape index (κ1) is 16.0. The average Bonchev–Trinajstić information content (AvgIpc) is 2.39. The summed E-state index contributed by atoms with van der Waals surface area (Å²) in [4.78, 5) is 22.5. The highest BCUT2D eigenvalue weighted by atomic mass is 16.4. The molecule has 0 aliphatic heterocycles. The van der Waals surface area contributed by atoms with E-state index in [0.29, 0.717) is 24.2 Å². The molecule has 1 aromatic rings. The van der Waals surface area contributed by atoms with Gasteiger partial charge in [-0.3, -0.25) is 9.59 Å². The molecule has 0 heterocycles. The second-order valence-corrected chi connectivity index (χ2v) is 5.10. The number of carboxylic acids is 1. The second kappa shape index (κ2) is 7.53. The third-order valence-corrected chi connectivity index (χ3v) is 3.39. The molecule has 0 bridgehead atoms. The maximum atomic E-state index is 12.0. The molecular weight excluding hydrogens is 256 g/mol. The lowest BCUT2D eigenvalue weighted by Crippen LogP contribution is -2.26. The van der Waals surface area contributed by atoms with Gasteiger partial charge in [0.1, 0.15) is 0 Å². The third-order valence-electron chi connectivity index (χ3n) is 3.39. The molecule has 1 unspecified atom stereocenters. The minimum absolute atomic E-state index is 0.139. The van der Waals surface area contributed by atoms with E-state index in [2.05, 4.69) is 5.32 Å². The number of carbonyl (C=O) groups excluding carboxylic acids is 1. The van der Waals surface area contributed by atoms with E-state index < -0.39 is 5.97 Å². The summed E-state index contributed by atoms with van der Waals surface area (Å²) in [6.45, 7) is 4.34. The largest absolute Gasteiger partial charge is 0.481 e. The first-order valence-electron chi connectivity index (χ1n) is 6.77. The summed E-state index contributed by atoms with van der Waals surface area (Å²) < 4.78 is 0. The van der Waals surface area contributed by atoms with Crippen LogP contribution in [0.25, 0.3) is 0 Å². The van der Waals surface area contributed by atoms with Gasteiger partial charge < -0.3 is 16.2 Å². The molecule has 5 heteroatoms. The molecule has 1 aromatic carbocycles. The molecule has 1 atom stereocenters. The minimum atomic E-state index is -0.781. The Hall–Kier alpha value is -2.04. The molecule has 0 aromatic heterocycles. The van der Waals surface area contributed by atoms with E-state index in [1.165, 1.54) is 0 Å². The van der Waals surface area contributed by atoms with Crippen molar-refractivity contribution in [2.45, 2.75) is 33.1 Å². The Bertz CT molecular complexity index is 486. The van der Waals surface area contributed by atoms with E-state index in [-0.39, 0.29) is 18.2 Å². The first-order chi connectivity index (χ1) is 9.41. The average molecular weight is 278 g/mol. The SMILES string of the molecule is Cc1c(N)cccc1C(=O)NCCC(C)CCC(=O)O. The van der Waals surface area contributed by atoms with Crippen LogP contribution in [0.5, 0.6) is 0 Å². The van der Waals surface area contributed by atoms with Crippen LogP contribution in [0.2, 0.25) is 0 Å². The van der Waals surface area contributed by atoms with Gasteiger partial charge in [-0.05, 0) is 43.4 Å². The van der Waals surface area contributed by atoms with Gasteiger partial charge in [-0.15, -0.1) is 0 Å². The van der Waals surface area contributed by atoms with E-state index >= 15 is 0 Å². The zero-order valence-electron chi connectivity index (χ0n) is 12.0. The van der Waals surface area contributed by atoms with E-state index in [4.69, 9.17) is 10.8 Å². The Balaban J connectivity index is 2.40. The van der Waals surface area contributed by atoms with E-state index in [1.807, 2.05) is 13.8 Å². The van der Waals surface area contributed by atoms with Crippen molar-refractivity contribution in [3.8, 4) is 0 Å². The number of hydrogen-bond acceptors (Lipinski definition) is 3. The number of amides is 1. The van der Waals surface area contributed by atoms with Crippen molar-refractivity contribution in [2.75, 3.05) is 12.3 Å². The fourth-order valence-corrected chi connectivity index (χ4v) is 1.94. The van der Waals surface area contributed by atoms with Crippen LogP contribution in [-0.2, 0) is 4.79 Å². The lowest BCUT2D eigenvalue weighted by atomic mass is 10.0. The Morgan fingerprint density at radius 2 is 2.05 bits per heavy atom. The van der Waals surface area contributed by atoms with Crippen LogP contribution in [0, 0.1) is 12.8 Å². The van der Waals surface area contributed by atoms with Gasteiger partial charge in [0, 0.05) is 24.2 Å². The second-order valence-electron chi connectivity index (χ2n) is 5.10. The summed E-state index contributed by atoms with van der Waals surface area (Å²) in [6, 6.07) is 5.27. The number of aliphatic carboxylic acids is 1. The van der Waals surface area contributed by atoms with Crippen molar-refractivity contribution in [3.05, 3.63) is 29.3 Å². The highest BCUT2D eigenvalue weighted by Gasteiger charge is 2.11. The van der Waals surface area contributed by atoms with E-state index in [1.54, 1.807) is 18.2 Å². The highest BCUT2D eigenvalue weighted by Crippen LogP contribution is 2.15. The number of carbonyl (C=O) groups is 2. The van der Waals surface area contributed by atoms with Gasteiger partial charge in [0.05, 0.1) is 0 Å². The van der Waals surface area contributed by atoms with Gasteiger partial charge in [0.25, 0.3) is 5.91 Å². The molecular formula is C15H22N2O3. The lowest BCUT2D eigenvalue weighted by molar-refractivity contribution is -0.137. The fraction of sp³-hybridized carbons (Fsp3) is 0.467. The molecule has 0 saturated carbocycles. The lowest BCUT2D eigenvalue weighted by Gasteiger charge is -2.12. The predicted octanol–water partition coefficient (Wildman–Crippen LogP) is 2.20. The Kier molecular flexibility index (Phi) is 6.03. The molecule has 0 radical (unpaired) electrons. The molecule has 4 N–H and O–H groups in total. The Morgan fingerprint density at radius 3 is 2.70 bits per heavy atom. The number of carboxylic acid groups (broad SMARTS) is 1. The van der Waals surface area contributed by atoms with Gasteiger partial charge in [-0.2, -0.15) is 0 Å². The summed E-state index contributed by atoms with van der Waals surface area (Å²) in [6.07, 6.45) is 1.56. The predicted molar refractivity (Wildman–Crippen MR) is 78.6 cm³/mol. The summed E-state index contributed by atoms with van der Waals surface area (Å²) in [5, 5.41) is 11.4. The molecule has 20 heavy (non-hydrogen) atoms. The third kappa shape index (κ3) is 4.91. The van der Waals surface area contributed by atoms with Crippen LogP contribution in [0.3, 0.4) is 0 Å². The monoisotopic (exact) mass is 278 g/mol. The number of anilines is 1. The van der Waals surface area contributed by atoms with Gasteiger partial charge in [0.15, 0.2) is 0 Å². The summed E-state index contributed by atoms with van der Waals surface area (Å²) >= 11 is 0. The van der Waals surface area contributed by atoms with Crippen LogP contribution >= 0.6 is 0 Å². The Morgan fingerprint density at radius 1 is 1.35 bits per heavy atom. The smallest absolute Gasteiger partial charge is 0.303 e. The molecule has 110 valence electrons. The van der Waals surface area contributed by atoms with Crippen LogP contribution in [0.1, 0.15) is 42.1 Å². The molecule has 5 nitrogen and oxygen atoms in total. The fourth-order valence-electron chi connectivity index (χ4n) is 1.94. The summed E-state index contributed by atoms with van der Waals surface area (Å²) in [5.41, 5.74) is 7.74. The van der Waals surface area contributed by atoms with Crippen LogP contribution in [0.4, 0.5) is 5.69 Å². The molecule has 0 fully saturated rings. The van der Waals surface area contributed by atoms with Crippen molar-refractivity contribution in [1.29, 1.82) is 0 Å². The number of nitrogens with two attached hydrogens (primary N) is 1. The van der Waals surface area contributed by atoms with Gasteiger partial charge in [-0.25, -0.2) is 0 Å². The zero-order chi connectivity index (χ0) is 15.1. The van der Waals surface area contributed by atoms with Crippen molar-refractivity contribution >= 4 is 17.6 Å². The van der Waals surface area contributed by atoms with Crippen LogP contribution in [0.15, 0.2) is 18.2 Å². The maximum Gasteiger partial charge on any atom is 0.303 e. The summed E-state index contributed by atoms with van der Waals surface area (Å²) in [7, 11) is 0. The highest BCUT2D eigenvalue weighted by molar-refractivity contribution is 5.96. The molecule has 0 aliphatic rings. The maximum absolute atomic E-state index is 12.0. The van der Waals surface area contributed by atoms with Gasteiger partial charge >= 0.3 is 5.97 Å². The van der Waals surface area contributed by atoms with Crippen LogP contribution in [-0.4, -0.2) is 23.5 Å². The topological polar surface area (TPSA) is 92.4 Å². The van der Waals surface area contributed by atoms with Gasteiger partial charge in [-0.1, -0.05) is 13.0 Å². The van der Waals surface area contributed by atoms with Gasteiger partial charge in [0.2, 0.25) is 0 Å². The number of benzene rings is 1. The van der Waals surface area contributed by atoms with Crippen molar-refractivity contribution < 1.29 is 14.7 Å². The summed E-state index contributed by atoms with van der Waals surface area (Å²) in [5.74, 6) is -0.648. The molecule has 1 amide bonds. The number of hydrogen-bond donors (Lipinski definition) is 3. The van der Waals surface area contributed by atoms with E-state index in [0.717, 1.165) is 12.0 Å². The molecule has 0 spiro atoms. The van der Waals surface area contributed by atoms with Crippen molar-refractivity contribution in [1.82, 2.24) is 5.32 Å². The standard InChI is InChI=1S/C15H22N2O3/c1-10(6-7-14(18)19)8-9-17-15(20)12-4-3-5-13(16)11(12)2/h3-5,10H,6-9,16H2,1-2H3,(H,17,20)(H,18,19). The number of nitrogens with one attached hydrogen (secondary N) is 1. The first-order valence-corrected chi connectivity index (χ1v) is 6.77.